The first-order chi connectivity index (χ1) is 6.61. The van der Waals surface area contributed by atoms with Gasteiger partial charge in [0.05, 0.1) is 4.83 Å². The van der Waals surface area contributed by atoms with Crippen LogP contribution in [0.5, 0.6) is 0 Å². The largest absolute Gasteiger partial charge is 0.291 e. The molecule has 0 fully saturated rings. The van der Waals surface area contributed by atoms with Crippen molar-refractivity contribution in [3.05, 3.63) is 35.9 Å². The maximum absolute atomic E-state index is 11.4. The Bertz CT molecular complexity index is 335. The van der Waals surface area contributed by atoms with E-state index < -0.39 is 0 Å². The second-order valence-electron chi connectivity index (χ2n) is 2.80. The summed E-state index contributed by atoms with van der Waals surface area (Å²) in [6.45, 7) is 1.66. The highest BCUT2D eigenvalue weighted by molar-refractivity contribution is 9.10. The maximum Gasteiger partial charge on any atom is 0.257 e. The summed E-state index contributed by atoms with van der Waals surface area (Å²) in [6, 6.07) is 8.61. The van der Waals surface area contributed by atoms with Gasteiger partial charge < -0.3 is 0 Å². The molecule has 3 nitrogen and oxygen atoms in total. The molecule has 0 bridgehead atoms. The summed E-state index contributed by atoms with van der Waals surface area (Å²) in [4.78, 5) is 22.2. The van der Waals surface area contributed by atoms with Gasteiger partial charge >= 0.3 is 0 Å². The van der Waals surface area contributed by atoms with Crippen molar-refractivity contribution < 1.29 is 9.59 Å². The van der Waals surface area contributed by atoms with Crippen molar-refractivity contribution >= 4 is 27.7 Å². The minimum absolute atomic E-state index is 0.334. The van der Waals surface area contributed by atoms with Crippen LogP contribution in [0.4, 0.5) is 0 Å². The van der Waals surface area contributed by atoms with E-state index in [1.807, 2.05) is 6.07 Å². The van der Waals surface area contributed by atoms with Crippen molar-refractivity contribution in [2.24, 2.45) is 0 Å². The number of halogens is 1. The summed E-state index contributed by atoms with van der Waals surface area (Å²) in [6.07, 6.45) is 0. The predicted molar refractivity (Wildman–Crippen MR) is 57.3 cm³/mol. The van der Waals surface area contributed by atoms with E-state index in [-0.39, 0.29) is 16.6 Å². The third-order valence-corrected chi connectivity index (χ3v) is 2.05. The second-order valence-corrected chi connectivity index (χ2v) is 4.17. The first-order valence-electron chi connectivity index (χ1n) is 4.15. The van der Waals surface area contributed by atoms with Crippen LogP contribution in [0.1, 0.15) is 17.3 Å². The van der Waals surface area contributed by atoms with Crippen molar-refractivity contribution in [2.45, 2.75) is 11.8 Å². The van der Waals surface area contributed by atoms with Crippen LogP contribution in [0.3, 0.4) is 0 Å². The molecule has 0 saturated heterocycles. The second kappa shape index (κ2) is 4.91. The molecule has 1 rings (SSSR count). The van der Waals surface area contributed by atoms with Gasteiger partial charge in [-0.05, 0) is 19.1 Å². The van der Waals surface area contributed by atoms with E-state index in [4.69, 9.17) is 0 Å². The number of carbonyl (C=O) groups excluding carboxylic acids is 2. The van der Waals surface area contributed by atoms with Gasteiger partial charge in [-0.2, -0.15) is 0 Å². The average molecular weight is 256 g/mol. The average Bonchev–Trinajstić information content (AvgIpc) is 2.19. The lowest BCUT2D eigenvalue weighted by molar-refractivity contribution is -0.119. The molecule has 1 atom stereocenters. The van der Waals surface area contributed by atoms with Gasteiger partial charge in [0.15, 0.2) is 0 Å². The zero-order chi connectivity index (χ0) is 10.6. The lowest BCUT2D eigenvalue weighted by Gasteiger charge is -2.04. The van der Waals surface area contributed by atoms with Crippen molar-refractivity contribution in [3.8, 4) is 0 Å². The van der Waals surface area contributed by atoms with Gasteiger partial charge in [-0.25, -0.2) is 0 Å². The summed E-state index contributed by atoms with van der Waals surface area (Å²) in [5.41, 5.74) is 0.481. The van der Waals surface area contributed by atoms with Crippen LogP contribution >= 0.6 is 15.9 Å². The molecule has 0 heterocycles. The highest BCUT2D eigenvalue weighted by Crippen LogP contribution is 2.00. The molecule has 1 N–H and O–H groups in total. The Morgan fingerprint density at radius 3 is 2.36 bits per heavy atom. The van der Waals surface area contributed by atoms with Crippen LogP contribution in [0.25, 0.3) is 0 Å². The molecule has 0 aromatic heterocycles. The quantitative estimate of drug-likeness (QED) is 0.819. The van der Waals surface area contributed by atoms with Crippen molar-refractivity contribution in [1.82, 2.24) is 5.32 Å². The van der Waals surface area contributed by atoms with E-state index >= 15 is 0 Å². The van der Waals surface area contributed by atoms with Crippen molar-refractivity contribution in [3.63, 3.8) is 0 Å². The highest BCUT2D eigenvalue weighted by atomic mass is 79.9. The topological polar surface area (TPSA) is 46.2 Å². The fourth-order valence-electron chi connectivity index (χ4n) is 0.873. The summed E-state index contributed by atoms with van der Waals surface area (Å²) >= 11 is 3.08. The molecule has 0 aliphatic heterocycles. The Morgan fingerprint density at radius 1 is 1.29 bits per heavy atom. The lowest BCUT2D eigenvalue weighted by atomic mass is 10.2. The molecule has 0 unspecified atom stereocenters. The SMILES string of the molecule is C[C@@H](Br)C(=O)NC(=O)c1ccccc1. The fraction of sp³-hybridized carbons (Fsp3) is 0.200. The number of hydrogen-bond donors (Lipinski definition) is 1. The first-order valence-corrected chi connectivity index (χ1v) is 5.07. The Labute approximate surface area is 90.6 Å². The van der Waals surface area contributed by atoms with Gasteiger partial charge in [-0.3, -0.25) is 14.9 Å². The molecule has 0 aliphatic carbocycles. The van der Waals surface area contributed by atoms with Gasteiger partial charge in [0.2, 0.25) is 5.91 Å². The summed E-state index contributed by atoms with van der Waals surface area (Å²) in [5.74, 6) is -0.708. The molecular formula is C10H10BrNO2. The van der Waals surface area contributed by atoms with E-state index in [0.717, 1.165) is 0 Å². The Kier molecular flexibility index (Phi) is 3.83. The molecule has 0 saturated carbocycles. The van der Waals surface area contributed by atoms with Crippen LogP contribution in [-0.4, -0.2) is 16.6 Å². The number of hydrogen-bond acceptors (Lipinski definition) is 2. The van der Waals surface area contributed by atoms with Crippen LogP contribution in [0, 0.1) is 0 Å². The molecule has 2 amide bonds. The Hall–Kier alpha value is -1.16. The number of amides is 2. The van der Waals surface area contributed by atoms with E-state index in [1.54, 1.807) is 31.2 Å². The third kappa shape index (κ3) is 2.96. The third-order valence-electron chi connectivity index (χ3n) is 1.63. The molecule has 0 spiro atoms. The standard InChI is InChI=1S/C10H10BrNO2/c1-7(11)9(13)12-10(14)8-5-3-2-4-6-8/h2-7H,1H3,(H,12,13,14)/t7-/m1/s1. The minimum Gasteiger partial charge on any atom is -0.291 e. The monoisotopic (exact) mass is 255 g/mol. The van der Waals surface area contributed by atoms with Crippen molar-refractivity contribution in [1.29, 1.82) is 0 Å². The summed E-state index contributed by atoms with van der Waals surface area (Å²) in [5, 5.41) is 2.27. The number of nitrogens with one attached hydrogen (secondary N) is 1. The molecule has 14 heavy (non-hydrogen) atoms. The summed E-state index contributed by atoms with van der Waals surface area (Å²) < 4.78 is 0. The maximum atomic E-state index is 11.4. The number of carbonyl (C=O) groups is 2. The smallest absolute Gasteiger partial charge is 0.257 e. The van der Waals surface area contributed by atoms with Crippen LogP contribution in [0.2, 0.25) is 0 Å². The minimum atomic E-state index is -0.373. The van der Waals surface area contributed by atoms with Gasteiger partial charge in [-0.15, -0.1) is 0 Å². The van der Waals surface area contributed by atoms with E-state index in [1.165, 1.54) is 0 Å². The molecule has 0 aliphatic rings. The van der Waals surface area contributed by atoms with Crippen LogP contribution in [-0.2, 0) is 4.79 Å². The van der Waals surface area contributed by atoms with Gasteiger partial charge in [0.25, 0.3) is 5.91 Å². The van der Waals surface area contributed by atoms with E-state index in [0.29, 0.717) is 5.56 Å². The van der Waals surface area contributed by atoms with Crippen LogP contribution in [0.15, 0.2) is 30.3 Å². The predicted octanol–water partition coefficient (Wildman–Crippen LogP) is 1.73. The molecular weight excluding hydrogens is 246 g/mol. The molecule has 4 heteroatoms. The molecule has 74 valence electrons. The number of benzene rings is 1. The normalized spacial score (nSPS) is 11.9. The van der Waals surface area contributed by atoms with Gasteiger partial charge in [0, 0.05) is 5.56 Å². The van der Waals surface area contributed by atoms with E-state index in [2.05, 4.69) is 21.2 Å². The number of imide groups is 1. The van der Waals surface area contributed by atoms with Gasteiger partial charge in [0.1, 0.15) is 0 Å². The fourth-order valence-corrected chi connectivity index (χ4v) is 0.987. The molecule has 0 radical (unpaired) electrons. The highest BCUT2D eigenvalue weighted by Gasteiger charge is 2.13. The number of alkyl halides is 1. The summed E-state index contributed by atoms with van der Waals surface area (Å²) in [7, 11) is 0. The lowest BCUT2D eigenvalue weighted by Crippen LogP contribution is -2.34. The van der Waals surface area contributed by atoms with E-state index in [9.17, 15) is 9.59 Å². The molecule has 1 aromatic rings. The molecule has 1 aromatic carbocycles. The zero-order valence-corrected chi connectivity index (χ0v) is 9.24. The first kappa shape index (κ1) is 10.9. The van der Waals surface area contributed by atoms with Crippen molar-refractivity contribution in [2.75, 3.05) is 0 Å². The van der Waals surface area contributed by atoms with Gasteiger partial charge in [-0.1, -0.05) is 34.1 Å². The Balaban J connectivity index is 2.65. The Morgan fingerprint density at radius 2 is 1.86 bits per heavy atom. The zero-order valence-electron chi connectivity index (χ0n) is 7.66. The number of rotatable bonds is 2. The van der Waals surface area contributed by atoms with Crippen LogP contribution < -0.4 is 5.32 Å².